The van der Waals surface area contributed by atoms with E-state index >= 15 is 0 Å². The molecule has 0 heterocycles. The molecular weight excluding hydrogens is 126 g/mol. The largest absolute Gasteiger partial charge is 0.313 e. The Morgan fingerprint density at radius 3 is 1.60 bits per heavy atom. The SMILES string of the molecule is CCC(C)N(O)C(C)CC. The van der Waals surface area contributed by atoms with Crippen LogP contribution in [0, 0.1) is 0 Å². The van der Waals surface area contributed by atoms with Gasteiger partial charge in [0.05, 0.1) is 0 Å². The van der Waals surface area contributed by atoms with Crippen molar-refractivity contribution in [2.24, 2.45) is 0 Å². The maximum absolute atomic E-state index is 9.42. The lowest BCUT2D eigenvalue weighted by molar-refractivity contribution is -0.152. The third-order valence-corrected chi connectivity index (χ3v) is 2.08. The highest BCUT2D eigenvalue weighted by molar-refractivity contribution is 4.62. The van der Waals surface area contributed by atoms with Crippen LogP contribution >= 0.6 is 0 Å². The van der Waals surface area contributed by atoms with Gasteiger partial charge in [0.15, 0.2) is 0 Å². The lowest BCUT2D eigenvalue weighted by Crippen LogP contribution is -2.36. The number of hydroxylamine groups is 2. The maximum atomic E-state index is 9.42. The zero-order valence-corrected chi connectivity index (χ0v) is 7.46. The Morgan fingerprint density at radius 2 is 1.40 bits per heavy atom. The first-order chi connectivity index (χ1) is 4.63. The van der Waals surface area contributed by atoms with Crippen molar-refractivity contribution >= 4 is 0 Å². The smallest absolute Gasteiger partial charge is 0.0322 e. The van der Waals surface area contributed by atoms with Gasteiger partial charge in [0.1, 0.15) is 0 Å². The molecule has 0 aromatic carbocycles. The highest BCUT2D eigenvalue weighted by Gasteiger charge is 2.13. The van der Waals surface area contributed by atoms with Crippen molar-refractivity contribution in [3.63, 3.8) is 0 Å². The van der Waals surface area contributed by atoms with Gasteiger partial charge in [-0.2, -0.15) is 5.06 Å². The fraction of sp³-hybridized carbons (Fsp3) is 1.00. The molecule has 0 radical (unpaired) electrons. The molecule has 0 fully saturated rings. The monoisotopic (exact) mass is 145 g/mol. The summed E-state index contributed by atoms with van der Waals surface area (Å²) in [5, 5.41) is 10.9. The molecular formula is C8H19NO. The Balaban J connectivity index is 3.69. The summed E-state index contributed by atoms with van der Waals surface area (Å²) < 4.78 is 0. The Bertz CT molecular complexity index is 75.3. The zero-order valence-electron chi connectivity index (χ0n) is 7.46. The second-order valence-corrected chi connectivity index (χ2v) is 2.89. The van der Waals surface area contributed by atoms with E-state index in [0.717, 1.165) is 12.8 Å². The van der Waals surface area contributed by atoms with Crippen LogP contribution in [0.4, 0.5) is 0 Å². The maximum Gasteiger partial charge on any atom is 0.0322 e. The van der Waals surface area contributed by atoms with Crippen molar-refractivity contribution in [3.8, 4) is 0 Å². The zero-order chi connectivity index (χ0) is 8.15. The molecule has 2 nitrogen and oxygen atoms in total. The van der Waals surface area contributed by atoms with Gasteiger partial charge in [-0.15, -0.1) is 0 Å². The molecule has 0 rings (SSSR count). The number of rotatable bonds is 4. The fourth-order valence-corrected chi connectivity index (χ4v) is 0.809. The summed E-state index contributed by atoms with van der Waals surface area (Å²) in [5.74, 6) is 0. The quantitative estimate of drug-likeness (QED) is 0.613. The average Bonchev–Trinajstić information content (AvgIpc) is 2.00. The van der Waals surface area contributed by atoms with Gasteiger partial charge in [-0.25, -0.2) is 0 Å². The van der Waals surface area contributed by atoms with Crippen molar-refractivity contribution in [2.75, 3.05) is 0 Å². The van der Waals surface area contributed by atoms with E-state index in [9.17, 15) is 5.21 Å². The molecule has 0 aliphatic heterocycles. The molecule has 0 amide bonds. The van der Waals surface area contributed by atoms with Gasteiger partial charge in [0, 0.05) is 12.1 Å². The third-order valence-electron chi connectivity index (χ3n) is 2.08. The molecule has 0 spiro atoms. The summed E-state index contributed by atoms with van der Waals surface area (Å²) >= 11 is 0. The summed E-state index contributed by atoms with van der Waals surface area (Å²) in [6.45, 7) is 8.23. The minimum Gasteiger partial charge on any atom is -0.313 e. The van der Waals surface area contributed by atoms with E-state index in [-0.39, 0.29) is 12.1 Å². The lowest BCUT2D eigenvalue weighted by atomic mass is 10.2. The van der Waals surface area contributed by atoms with E-state index in [0.29, 0.717) is 0 Å². The highest BCUT2D eigenvalue weighted by atomic mass is 16.5. The van der Waals surface area contributed by atoms with Crippen molar-refractivity contribution in [1.29, 1.82) is 0 Å². The summed E-state index contributed by atoms with van der Waals surface area (Å²) in [6.07, 6.45) is 2.00. The predicted octanol–water partition coefficient (Wildman–Crippen LogP) is 2.27. The summed E-state index contributed by atoms with van der Waals surface area (Å²) in [6, 6.07) is 0.574. The van der Waals surface area contributed by atoms with Gasteiger partial charge in [-0.1, -0.05) is 13.8 Å². The van der Waals surface area contributed by atoms with Crippen LogP contribution in [0.3, 0.4) is 0 Å². The fourth-order valence-electron chi connectivity index (χ4n) is 0.809. The molecule has 2 unspecified atom stereocenters. The first kappa shape index (κ1) is 9.92. The standard InChI is InChI=1S/C8H19NO/c1-5-7(3)9(10)8(4)6-2/h7-8,10H,5-6H2,1-4H3. The van der Waals surface area contributed by atoms with Gasteiger partial charge in [0.2, 0.25) is 0 Å². The molecule has 0 saturated heterocycles. The number of hydrogen-bond donors (Lipinski definition) is 1. The topological polar surface area (TPSA) is 23.5 Å². The van der Waals surface area contributed by atoms with E-state index < -0.39 is 0 Å². The van der Waals surface area contributed by atoms with Crippen LogP contribution in [0.1, 0.15) is 40.5 Å². The summed E-state index contributed by atoms with van der Waals surface area (Å²) in [5.41, 5.74) is 0. The van der Waals surface area contributed by atoms with E-state index in [1.165, 1.54) is 5.06 Å². The van der Waals surface area contributed by atoms with Gasteiger partial charge in [-0.3, -0.25) is 0 Å². The molecule has 1 N–H and O–H groups in total. The molecule has 0 bridgehead atoms. The Labute approximate surface area is 63.8 Å². The molecule has 62 valence electrons. The van der Waals surface area contributed by atoms with E-state index in [4.69, 9.17) is 0 Å². The number of nitrogens with zero attached hydrogens (tertiary/aromatic N) is 1. The molecule has 2 atom stereocenters. The molecule has 0 aliphatic carbocycles. The van der Waals surface area contributed by atoms with E-state index in [1.54, 1.807) is 0 Å². The van der Waals surface area contributed by atoms with Crippen LogP contribution in [0.2, 0.25) is 0 Å². The second kappa shape index (κ2) is 4.69. The van der Waals surface area contributed by atoms with Crippen molar-refractivity contribution in [1.82, 2.24) is 5.06 Å². The molecule has 0 aliphatic rings. The van der Waals surface area contributed by atoms with E-state index in [1.807, 2.05) is 13.8 Å². The lowest BCUT2D eigenvalue weighted by Gasteiger charge is -2.26. The van der Waals surface area contributed by atoms with Gasteiger partial charge in [0.25, 0.3) is 0 Å². The number of hydrogen-bond acceptors (Lipinski definition) is 2. The van der Waals surface area contributed by atoms with Crippen LogP contribution in [-0.4, -0.2) is 22.4 Å². The van der Waals surface area contributed by atoms with Crippen LogP contribution in [0.5, 0.6) is 0 Å². The van der Waals surface area contributed by atoms with Gasteiger partial charge < -0.3 is 5.21 Å². The van der Waals surface area contributed by atoms with Gasteiger partial charge in [-0.05, 0) is 26.7 Å². The van der Waals surface area contributed by atoms with Gasteiger partial charge >= 0.3 is 0 Å². The minimum atomic E-state index is 0.287. The van der Waals surface area contributed by atoms with Crippen LogP contribution < -0.4 is 0 Å². The van der Waals surface area contributed by atoms with Crippen molar-refractivity contribution in [3.05, 3.63) is 0 Å². The Morgan fingerprint density at radius 1 is 1.10 bits per heavy atom. The van der Waals surface area contributed by atoms with Crippen molar-refractivity contribution < 1.29 is 5.21 Å². The second-order valence-electron chi connectivity index (χ2n) is 2.89. The summed E-state index contributed by atoms with van der Waals surface area (Å²) in [7, 11) is 0. The molecule has 0 aromatic rings. The first-order valence-electron chi connectivity index (χ1n) is 4.10. The molecule has 0 aromatic heterocycles. The Kier molecular flexibility index (Phi) is 4.65. The summed E-state index contributed by atoms with van der Waals surface area (Å²) in [4.78, 5) is 0. The van der Waals surface area contributed by atoms with Crippen LogP contribution in [-0.2, 0) is 0 Å². The average molecular weight is 145 g/mol. The van der Waals surface area contributed by atoms with E-state index in [2.05, 4.69) is 13.8 Å². The first-order valence-corrected chi connectivity index (χ1v) is 4.10. The molecule has 10 heavy (non-hydrogen) atoms. The van der Waals surface area contributed by atoms with Crippen LogP contribution in [0.25, 0.3) is 0 Å². The Hall–Kier alpha value is -0.0800. The molecule has 0 saturated carbocycles. The highest BCUT2D eigenvalue weighted by Crippen LogP contribution is 2.06. The minimum absolute atomic E-state index is 0.287. The third kappa shape index (κ3) is 2.67. The molecule has 2 heteroatoms. The normalized spacial score (nSPS) is 17.4. The van der Waals surface area contributed by atoms with Crippen LogP contribution in [0.15, 0.2) is 0 Å². The van der Waals surface area contributed by atoms with Crippen molar-refractivity contribution in [2.45, 2.75) is 52.6 Å². The predicted molar refractivity (Wildman–Crippen MR) is 43.1 cm³/mol.